The van der Waals surface area contributed by atoms with Crippen molar-refractivity contribution < 1.29 is 24.2 Å². The minimum atomic E-state index is -0.911. The monoisotopic (exact) mass is 278 g/mol. The number of aliphatic hydroxyl groups excluding tert-OH is 1. The van der Waals surface area contributed by atoms with Crippen molar-refractivity contribution in [1.82, 2.24) is 0 Å². The molecular formula is C15H18O5. The van der Waals surface area contributed by atoms with E-state index in [2.05, 4.69) is 6.58 Å². The predicted molar refractivity (Wildman–Crippen MR) is 70.8 cm³/mol. The Kier molecular flexibility index (Phi) is 3.90. The molecule has 0 aromatic rings. The molecule has 3 atom stereocenters. The molecule has 0 bridgehead atoms. The molecule has 1 heterocycles. The van der Waals surface area contributed by atoms with Crippen molar-refractivity contribution in [3.05, 3.63) is 23.3 Å². The molecule has 1 saturated heterocycles. The van der Waals surface area contributed by atoms with E-state index in [9.17, 15) is 19.5 Å². The van der Waals surface area contributed by atoms with Crippen LogP contribution in [0.3, 0.4) is 0 Å². The normalized spacial score (nSPS) is 30.1. The Morgan fingerprint density at radius 1 is 1.45 bits per heavy atom. The van der Waals surface area contributed by atoms with Gasteiger partial charge in [-0.3, -0.25) is 4.79 Å². The Hall–Kier alpha value is -1.75. The molecule has 2 rings (SSSR count). The number of ketones is 2. The third-order valence-corrected chi connectivity index (χ3v) is 4.01. The zero-order valence-electron chi connectivity index (χ0n) is 11.6. The quantitative estimate of drug-likeness (QED) is 0.615. The maximum Gasteiger partial charge on any atom is 0.334 e. The SMILES string of the molecule is C=C1C(=O)O[C@H](C2=C(C)C(=O)C[C@H]2O)[C@@H]1CCC(C)=O. The van der Waals surface area contributed by atoms with E-state index >= 15 is 0 Å². The molecule has 1 aliphatic carbocycles. The fourth-order valence-electron chi connectivity index (χ4n) is 2.82. The van der Waals surface area contributed by atoms with Crippen LogP contribution in [0, 0.1) is 5.92 Å². The summed E-state index contributed by atoms with van der Waals surface area (Å²) >= 11 is 0. The maximum absolute atomic E-state index is 11.7. The Bertz CT molecular complexity index is 528. The largest absolute Gasteiger partial charge is 0.454 e. The summed E-state index contributed by atoms with van der Waals surface area (Å²) in [6.45, 7) is 6.82. The minimum absolute atomic E-state index is 0.0182. The molecule has 0 amide bonds. The first-order valence-corrected chi connectivity index (χ1v) is 6.64. The van der Waals surface area contributed by atoms with Crippen LogP contribution in [0.25, 0.3) is 0 Å². The maximum atomic E-state index is 11.7. The van der Waals surface area contributed by atoms with Crippen molar-refractivity contribution >= 4 is 17.5 Å². The Labute approximate surface area is 117 Å². The van der Waals surface area contributed by atoms with Crippen LogP contribution < -0.4 is 0 Å². The highest BCUT2D eigenvalue weighted by atomic mass is 16.6. The number of esters is 1. The van der Waals surface area contributed by atoms with Gasteiger partial charge in [0.1, 0.15) is 11.9 Å². The van der Waals surface area contributed by atoms with Crippen molar-refractivity contribution in [2.24, 2.45) is 5.92 Å². The van der Waals surface area contributed by atoms with E-state index < -0.39 is 18.2 Å². The van der Waals surface area contributed by atoms with Crippen molar-refractivity contribution in [1.29, 1.82) is 0 Å². The lowest BCUT2D eigenvalue weighted by Gasteiger charge is -2.21. The molecule has 0 aromatic carbocycles. The van der Waals surface area contributed by atoms with E-state index in [-0.39, 0.29) is 23.9 Å². The number of ether oxygens (including phenoxy) is 1. The van der Waals surface area contributed by atoms with Gasteiger partial charge >= 0.3 is 5.97 Å². The first kappa shape index (κ1) is 14.7. The smallest absolute Gasteiger partial charge is 0.334 e. The van der Waals surface area contributed by atoms with Gasteiger partial charge < -0.3 is 14.6 Å². The first-order chi connectivity index (χ1) is 9.32. The molecule has 1 aliphatic heterocycles. The van der Waals surface area contributed by atoms with Crippen LogP contribution in [0.1, 0.15) is 33.1 Å². The van der Waals surface area contributed by atoms with E-state index in [1.54, 1.807) is 6.92 Å². The third kappa shape index (κ3) is 2.45. The fraction of sp³-hybridized carbons (Fsp3) is 0.533. The van der Waals surface area contributed by atoms with Crippen LogP contribution in [0.4, 0.5) is 0 Å². The number of allylic oxidation sites excluding steroid dienone is 1. The molecule has 1 N–H and O–H groups in total. The number of rotatable bonds is 4. The van der Waals surface area contributed by atoms with Gasteiger partial charge in [0.15, 0.2) is 5.78 Å². The van der Waals surface area contributed by atoms with Crippen LogP contribution in [0.5, 0.6) is 0 Å². The molecule has 5 heteroatoms. The summed E-state index contributed by atoms with van der Waals surface area (Å²) in [6, 6.07) is 0. The highest BCUT2D eigenvalue weighted by molar-refractivity contribution is 6.00. The van der Waals surface area contributed by atoms with Crippen molar-refractivity contribution in [2.45, 2.75) is 45.3 Å². The predicted octanol–water partition coefficient (Wildman–Crippen LogP) is 1.10. The Morgan fingerprint density at radius 3 is 2.60 bits per heavy atom. The zero-order chi connectivity index (χ0) is 15.0. The van der Waals surface area contributed by atoms with Gasteiger partial charge in [-0.15, -0.1) is 0 Å². The Morgan fingerprint density at radius 2 is 2.10 bits per heavy atom. The first-order valence-electron chi connectivity index (χ1n) is 6.64. The average molecular weight is 278 g/mol. The van der Waals surface area contributed by atoms with E-state index in [0.717, 1.165) is 0 Å². The van der Waals surface area contributed by atoms with Crippen LogP contribution in [-0.2, 0) is 19.1 Å². The Balaban J connectivity index is 2.29. The van der Waals surface area contributed by atoms with Gasteiger partial charge in [0.25, 0.3) is 0 Å². The van der Waals surface area contributed by atoms with Crippen molar-refractivity contribution in [3.63, 3.8) is 0 Å². The van der Waals surface area contributed by atoms with Gasteiger partial charge in [-0.2, -0.15) is 0 Å². The summed E-state index contributed by atoms with van der Waals surface area (Å²) in [5, 5.41) is 9.99. The number of Topliss-reactive ketones (excluding diaryl/α,β-unsaturated/α-hetero) is 2. The van der Waals surface area contributed by atoms with Crippen LogP contribution in [-0.4, -0.2) is 34.9 Å². The van der Waals surface area contributed by atoms with Crippen LogP contribution >= 0.6 is 0 Å². The lowest BCUT2D eigenvalue weighted by molar-refractivity contribution is -0.138. The molecule has 20 heavy (non-hydrogen) atoms. The molecule has 0 spiro atoms. The third-order valence-electron chi connectivity index (χ3n) is 4.01. The molecule has 1 fully saturated rings. The molecule has 108 valence electrons. The van der Waals surface area contributed by atoms with Gasteiger partial charge in [0.2, 0.25) is 0 Å². The van der Waals surface area contributed by atoms with Crippen LogP contribution in [0.2, 0.25) is 0 Å². The molecule has 0 saturated carbocycles. The second-order valence-corrected chi connectivity index (χ2v) is 5.42. The summed E-state index contributed by atoms with van der Waals surface area (Å²) in [5.41, 5.74) is 1.23. The molecule has 0 radical (unpaired) electrons. The fourth-order valence-corrected chi connectivity index (χ4v) is 2.82. The molecule has 0 aromatic heterocycles. The highest BCUT2D eigenvalue weighted by Gasteiger charge is 2.45. The molecule has 2 aliphatic rings. The van der Waals surface area contributed by atoms with E-state index in [1.165, 1.54) is 6.92 Å². The lowest BCUT2D eigenvalue weighted by atomic mass is 9.86. The summed E-state index contributed by atoms with van der Waals surface area (Å²) in [7, 11) is 0. The summed E-state index contributed by atoms with van der Waals surface area (Å²) < 4.78 is 5.27. The van der Waals surface area contributed by atoms with E-state index in [4.69, 9.17) is 4.74 Å². The second kappa shape index (κ2) is 5.32. The molecule has 5 nitrogen and oxygen atoms in total. The number of hydrogen-bond donors (Lipinski definition) is 1. The molecular weight excluding hydrogens is 260 g/mol. The van der Waals surface area contributed by atoms with Crippen molar-refractivity contribution in [3.8, 4) is 0 Å². The number of carbonyl (C=O) groups is 3. The van der Waals surface area contributed by atoms with Crippen LogP contribution in [0.15, 0.2) is 23.3 Å². The number of hydrogen-bond acceptors (Lipinski definition) is 5. The number of carbonyl (C=O) groups excluding carboxylic acids is 3. The van der Waals surface area contributed by atoms with E-state index in [0.29, 0.717) is 29.6 Å². The van der Waals surface area contributed by atoms with Gasteiger partial charge in [-0.25, -0.2) is 4.79 Å². The lowest BCUT2D eigenvalue weighted by Crippen LogP contribution is -2.26. The van der Waals surface area contributed by atoms with Gasteiger partial charge in [0.05, 0.1) is 6.10 Å². The minimum Gasteiger partial charge on any atom is -0.454 e. The second-order valence-electron chi connectivity index (χ2n) is 5.42. The number of aliphatic hydroxyl groups is 1. The summed E-state index contributed by atoms with van der Waals surface area (Å²) in [6.07, 6.45) is -0.807. The average Bonchev–Trinajstić information content (AvgIpc) is 2.76. The van der Waals surface area contributed by atoms with Gasteiger partial charge in [-0.1, -0.05) is 6.58 Å². The highest BCUT2D eigenvalue weighted by Crippen LogP contribution is 2.39. The van der Waals surface area contributed by atoms with Gasteiger partial charge in [0, 0.05) is 29.9 Å². The zero-order valence-corrected chi connectivity index (χ0v) is 11.6. The van der Waals surface area contributed by atoms with Gasteiger partial charge in [-0.05, 0) is 25.8 Å². The standard InChI is InChI=1S/C15H18O5/c1-7(16)4-5-10-8(2)15(19)20-14(10)13-9(3)11(17)6-12(13)18/h10,12,14,18H,2,4-6H2,1,3H3/t10-,12-,14+/m1/s1. The van der Waals surface area contributed by atoms with Crippen molar-refractivity contribution in [2.75, 3.05) is 0 Å². The molecule has 0 unspecified atom stereocenters. The summed E-state index contributed by atoms with van der Waals surface area (Å²) in [4.78, 5) is 34.5. The van der Waals surface area contributed by atoms with E-state index in [1.807, 2.05) is 0 Å². The number of cyclic esters (lactones) is 1. The topological polar surface area (TPSA) is 80.7 Å². The summed E-state index contributed by atoms with van der Waals surface area (Å²) in [5.74, 6) is -0.983.